The molecule has 1 aromatic carbocycles. The summed E-state index contributed by atoms with van der Waals surface area (Å²) in [6, 6.07) is 6.04. The van der Waals surface area contributed by atoms with Gasteiger partial charge in [0, 0.05) is 25.0 Å². The van der Waals surface area contributed by atoms with Gasteiger partial charge in [0.25, 0.3) is 0 Å². The zero-order chi connectivity index (χ0) is 15.5. The molecule has 1 saturated carbocycles. The maximum Gasteiger partial charge on any atom is 0.231 e. The smallest absolute Gasteiger partial charge is 0.231 e. The van der Waals surface area contributed by atoms with E-state index in [2.05, 4.69) is 0 Å². The molecule has 0 aromatic heterocycles. The van der Waals surface area contributed by atoms with Crippen molar-refractivity contribution in [2.24, 2.45) is 11.7 Å². The molecule has 1 aliphatic heterocycles. The van der Waals surface area contributed by atoms with Crippen LogP contribution in [0.15, 0.2) is 18.2 Å². The molecule has 2 atom stereocenters. The summed E-state index contributed by atoms with van der Waals surface area (Å²) in [5.74, 6) is 1.85. The van der Waals surface area contributed by atoms with Crippen LogP contribution in [0, 0.1) is 5.92 Å². The molecule has 0 radical (unpaired) electrons. The molecule has 2 N–H and O–H groups in total. The number of carbonyl (C=O) groups excluding carboxylic acids is 1. The van der Waals surface area contributed by atoms with Crippen LogP contribution < -0.4 is 15.2 Å². The number of nitrogens with two attached hydrogens (primary N) is 1. The number of rotatable bonds is 4. The van der Waals surface area contributed by atoms with E-state index in [0.29, 0.717) is 13.1 Å². The van der Waals surface area contributed by atoms with Crippen LogP contribution in [-0.2, 0) is 11.3 Å². The lowest BCUT2D eigenvalue weighted by Crippen LogP contribution is -2.40. The molecule has 128 valence electrons. The fourth-order valence-electron chi connectivity index (χ4n) is 3.32. The molecule has 2 unspecified atom stereocenters. The number of benzene rings is 1. The molecule has 1 fully saturated rings. The minimum absolute atomic E-state index is 0. The number of fused-ring (bicyclic) bond motifs is 1. The first-order valence-electron chi connectivity index (χ1n) is 8.10. The second-order valence-electron chi connectivity index (χ2n) is 6.16. The lowest BCUT2D eigenvalue weighted by atomic mass is 9.85. The molecular formula is C17H25ClN2O3. The average molecular weight is 341 g/mol. The third-order valence-corrected chi connectivity index (χ3v) is 4.57. The topological polar surface area (TPSA) is 64.8 Å². The van der Waals surface area contributed by atoms with Crippen molar-refractivity contribution in [2.75, 3.05) is 13.3 Å². The largest absolute Gasteiger partial charge is 0.454 e. The third kappa shape index (κ3) is 4.09. The number of amides is 1. The van der Waals surface area contributed by atoms with Crippen LogP contribution >= 0.6 is 12.4 Å². The zero-order valence-corrected chi connectivity index (χ0v) is 14.3. The maximum absolute atomic E-state index is 12.7. The van der Waals surface area contributed by atoms with Gasteiger partial charge in [-0.25, -0.2) is 0 Å². The molecule has 1 aliphatic carbocycles. The average Bonchev–Trinajstić information content (AvgIpc) is 2.99. The van der Waals surface area contributed by atoms with E-state index >= 15 is 0 Å². The minimum Gasteiger partial charge on any atom is -0.454 e. The fourth-order valence-corrected chi connectivity index (χ4v) is 3.32. The highest BCUT2D eigenvalue weighted by Crippen LogP contribution is 2.33. The first-order valence-corrected chi connectivity index (χ1v) is 8.10. The lowest BCUT2D eigenvalue weighted by molar-refractivity contribution is -0.137. The Bertz CT molecular complexity index is 553. The minimum atomic E-state index is 0. The van der Waals surface area contributed by atoms with E-state index in [9.17, 15) is 4.79 Å². The van der Waals surface area contributed by atoms with Gasteiger partial charge in [0.1, 0.15) is 0 Å². The van der Waals surface area contributed by atoms with Gasteiger partial charge in [0.05, 0.1) is 0 Å². The molecule has 23 heavy (non-hydrogen) atoms. The van der Waals surface area contributed by atoms with Gasteiger partial charge in [-0.1, -0.05) is 12.5 Å². The van der Waals surface area contributed by atoms with E-state index < -0.39 is 0 Å². The van der Waals surface area contributed by atoms with Gasteiger partial charge in [0.15, 0.2) is 11.5 Å². The Hall–Kier alpha value is -1.46. The maximum atomic E-state index is 12.7. The molecule has 1 heterocycles. The van der Waals surface area contributed by atoms with Crippen LogP contribution in [0.2, 0.25) is 0 Å². The van der Waals surface area contributed by atoms with E-state index in [1.165, 1.54) is 0 Å². The van der Waals surface area contributed by atoms with Gasteiger partial charge in [-0.3, -0.25) is 4.79 Å². The van der Waals surface area contributed by atoms with Crippen LogP contribution in [0.4, 0.5) is 0 Å². The Morgan fingerprint density at radius 2 is 2.09 bits per heavy atom. The molecule has 5 nitrogen and oxygen atoms in total. The van der Waals surface area contributed by atoms with Crippen molar-refractivity contribution < 1.29 is 14.3 Å². The Morgan fingerprint density at radius 3 is 2.83 bits per heavy atom. The molecule has 0 saturated heterocycles. The van der Waals surface area contributed by atoms with Crippen molar-refractivity contribution in [2.45, 2.75) is 45.2 Å². The van der Waals surface area contributed by atoms with E-state index in [4.69, 9.17) is 15.2 Å². The van der Waals surface area contributed by atoms with Crippen molar-refractivity contribution in [1.82, 2.24) is 4.90 Å². The van der Waals surface area contributed by atoms with Crippen molar-refractivity contribution >= 4 is 18.3 Å². The lowest BCUT2D eigenvalue weighted by Gasteiger charge is -2.31. The molecule has 2 aliphatic rings. The molecule has 6 heteroatoms. The van der Waals surface area contributed by atoms with E-state index in [1.54, 1.807) is 0 Å². The van der Waals surface area contributed by atoms with Crippen LogP contribution in [0.1, 0.15) is 38.2 Å². The van der Waals surface area contributed by atoms with E-state index in [1.807, 2.05) is 30.0 Å². The third-order valence-electron chi connectivity index (χ3n) is 4.57. The van der Waals surface area contributed by atoms with Crippen molar-refractivity contribution in [1.29, 1.82) is 0 Å². The van der Waals surface area contributed by atoms with Gasteiger partial charge in [-0.2, -0.15) is 0 Å². The van der Waals surface area contributed by atoms with Crippen LogP contribution in [0.3, 0.4) is 0 Å². The summed E-state index contributed by atoms with van der Waals surface area (Å²) in [4.78, 5) is 14.6. The highest BCUT2D eigenvalue weighted by atomic mass is 35.5. The van der Waals surface area contributed by atoms with E-state index in [-0.39, 0.29) is 37.1 Å². The number of ether oxygens (including phenoxy) is 2. The zero-order valence-electron chi connectivity index (χ0n) is 13.5. The highest BCUT2D eigenvalue weighted by Gasteiger charge is 2.28. The summed E-state index contributed by atoms with van der Waals surface area (Å²) in [7, 11) is 0. The van der Waals surface area contributed by atoms with Crippen molar-refractivity contribution in [3.05, 3.63) is 23.8 Å². The molecule has 0 bridgehead atoms. The summed E-state index contributed by atoms with van der Waals surface area (Å²) in [6.07, 6.45) is 3.87. The van der Waals surface area contributed by atoms with Gasteiger partial charge in [-0.15, -0.1) is 12.4 Å². The molecule has 0 spiro atoms. The first-order chi connectivity index (χ1) is 10.7. The second kappa shape index (κ2) is 7.88. The molecule has 1 amide bonds. The predicted molar refractivity (Wildman–Crippen MR) is 90.8 cm³/mol. The monoisotopic (exact) mass is 340 g/mol. The van der Waals surface area contributed by atoms with Crippen LogP contribution in [-0.4, -0.2) is 30.2 Å². The highest BCUT2D eigenvalue weighted by molar-refractivity contribution is 5.85. The molecular weight excluding hydrogens is 316 g/mol. The second-order valence-corrected chi connectivity index (χ2v) is 6.16. The van der Waals surface area contributed by atoms with Gasteiger partial charge in [-0.05, 0) is 43.9 Å². The predicted octanol–water partition coefficient (Wildman–Crippen LogP) is 2.70. The SMILES string of the molecule is CCN(Cc1ccc2c(c1)OCO2)C(=O)C1CCCC(N)C1.Cl. The molecule has 3 rings (SSSR count). The molecule has 1 aromatic rings. The Morgan fingerprint density at radius 1 is 1.30 bits per heavy atom. The van der Waals surface area contributed by atoms with E-state index in [0.717, 1.165) is 42.7 Å². The van der Waals surface area contributed by atoms with Crippen molar-refractivity contribution in [3.63, 3.8) is 0 Å². The number of carbonyl (C=O) groups is 1. The number of hydrogen-bond donors (Lipinski definition) is 1. The standard InChI is InChI=1S/C17H24N2O3.ClH/c1-2-19(17(20)13-4-3-5-14(18)9-13)10-12-6-7-15-16(8-12)22-11-21-15;/h6-8,13-14H,2-5,9-11,18H2,1H3;1H. The van der Waals surface area contributed by atoms with Crippen molar-refractivity contribution in [3.8, 4) is 11.5 Å². The van der Waals surface area contributed by atoms with Crippen LogP contribution in [0.25, 0.3) is 0 Å². The first kappa shape index (κ1) is 17.9. The Balaban J connectivity index is 0.00000192. The normalized spacial score (nSPS) is 22.3. The van der Waals surface area contributed by atoms with Gasteiger partial charge in [0.2, 0.25) is 12.7 Å². The fraction of sp³-hybridized carbons (Fsp3) is 0.588. The van der Waals surface area contributed by atoms with Crippen LogP contribution in [0.5, 0.6) is 11.5 Å². The van der Waals surface area contributed by atoms with Gasteiger partial charge >= 0.3 is 0 Å². The number of nitrogens with zero attached hydrogens (tertiary/aromatic N) is 1. The number of halogens is 1. The Labute approximate surface area is 143 Å². The summed E-state index contributed by atoms with van der Waals surface area (Å²) < 4.78 is 10.7. The Kier molecular flexibility index (Phi) is 6.13. The summed E-state index contributed by atoms with van der Waals surface area (Å²) >= 11 is 0. The quantitative estimate of drug-likeness (QED) is 0.915. The summed E-state index contributed by atoms with van der Waals surface area (Å²) in [5.41, 5.74) is 7.09. The summed E-state index contributed by atoms with van der Waals surface area (Å²) in [6.45, 7) is 3.61. The van der Waals surface area contributed by atoms with Gasteiger partial charge < -0.3 is 20.1 Å². The number of hydrogen-bond acceptors (Lipinski definition) is 4. The summed E-state index contributed by atoms with van der Waals surface area (Å²) in [5, 5.41) is 0.